The van der Waals surface area contributed by atoms with E-state index in [0.717, 1.165) is 31.6 Å². The lowest BCUT2D eigenvalue weighted by Gasteiger charge is -2.11. The van der Waals surface area contributed by atoms with Crippen molar-refractivity contribution in [2.45, 2.75) is 46.6 Å². The summed E-state index contributed by atoms with van der Waals surface area (Å²) in [6.45, 7) is 7.09. The van der Waals surface area contributed by atoms with Gasteiger partial charge in [0.25, 0.3) is 5.56 Å². The molecule has 0 unspecified atom stereocenters. The average Bonchev–Trinajstić information content (AvgIpc) is 2.20. The van der Waals surface area contributed by atoms with Gasteiger partial charge in [-0.05, 0) is 18.8 Å². The van der Waals surface area contributed by atoms with Gasteiger partial charge in [0.2, 0.25) is 0 Å². The lowest BCUT2D eigenvalue weighted by molar-refractivity contribution is 0.493. The van der Waals surface area contributed by atoms with Crippen molar-refractivity contribution in [3.8, 4) is 0 Å². The van der Waals surface area contributed by atoms with E-state index in [0.29, 0.717) is 11.1 Å². The van der Waals surface area contributed by atoms with Crippen LogP contribution in [0.2, 0.25) is 5.15 Å². The van der Waals surface area contributed by atoms with Gasteiger partial charge in [0, 0.05) is 19.0 Å². The molecule has 0 radical (unpaired) electrons. The number of hydrogen-bond donors (Lipinski definition) is 0. The van der Waals surface area contributed by atoms with Gasteiger partial charge in [0.05, 0.1) is 0 Å². The van der Waals surface area contributed by atoms with Crippen LogP contribution in [0.1, 0.15) is 39.4 Å². The Balaban J connectivity index is 2.82. The lowest BCUT2D eigenvalue weighted by atomic mass is 10.1. The zero-order valence-corrected chi connectivity index (χ0v) is 10.9. The van der Waals surface area contributed by atoms with Crippen molar-refractivity contribution in [2.75, 3.05) is 0 Å². The van der Waals surface area contributed by atoms with Gasteiger partial charge in [-0.2, -0.15) is 0 Å². The van der Waals surface area contributed by atoms with Crippen LogP contribution in [0, 0.1) is 5.92 Å². The molecule has 0 N–H and O–H groups in total. The summed E-state index contributed by atoms with van der Waals surface area (Å²) in [5, 5.41) is 0.293. The fourth-order valence-corrected chi connectivity index (χ4v) is 1.88. The molecule has 3 nitrogen and oxygen atoms in total. The van der Waals surface area contributed by atoms with E-state index in [-0.39, 0.29) is 5.56 Å². The Morgan fingerprint density at radius 2 is 2.19 bits per heavy atom. The van der Waals surface area contributed by atoms with Gasteiger partial charge < -0.3 is 0 Å². The van der Waals surface area contributed by atoms with E-state index in [9.17, 15) is 4.79 Å². The van der Waals surface area contributed by atoms with Crippen molar-refractivity contribution in [1.29, 1.82) is 0 Å². The van der Waals surface area contributed by atoms with Gasteiger partial charge in [-0.1, -0.05) is 32.4 Å². The van der Waals surface area contributed by atoms with Gasteiger partial charge in [-0.3, -0.25) is 9.36 Å². The smallest absolute Gasteiger partial charge is 0.254 e. The Bertz CT molecular complexity index is 398. The molecule has 0 saturated heterocycles. The van der Waals surface area contributed by atoms with Crippen LogP contribution in [0.15, 0.2) is 10.9 Å². The summed E-state index contributed by atoms with van der Waals surface area (Å²) in [6, 6.07) is 1.39. The van der Waals surface area contributed by atoms with E-state index in [4.69, 9.17) is 11.6 Å². The molecule has 0 saturated carbocycles. The highest BCUT2D eigenvalue weighted by Crippen LogP contribution is 2.07. The van der Waals surface area contributed by atoms with Crippen molar-refractivity contribution < 1.29 is 0 Å². The first-order valence-electron chi connectivity index (χ1n) is 5.80. The molecule has 0 atom stereocenters. The number of aromatic nitrogens is 2. The van der Waals surface area contributed by atoms with E-state index in [1.54, 1.807) is 4.57 Å². The summed E-state index contributed by atoms with van der Waals surface area (Å²) in [4.78, 5) is 15.9. The van der Waals surface area contributed by atoms with Gasteiger partial charge in [-0.25, -0.2) is 4.98 Å². The molecule has 1 heterocycles. The molecule has 0 aliphatic carbocycles. The monoisotopic (exact) mass is 242 g/mol. The van der Waals surface area contributed by atoms with Crippen LogP contribution in [0.3, 0.4) is 0 Å². The van der Waals surface area contributed by atoms with Crippen LogP contribution in [0.4, 0.5) is 0 Å². The van der Waals surface area contributed by atoms with Crippen LogP contribution < -0.4 is 5.56 Å². The summed E-state index contributed by atoms with van der Waals surface area (Å²) in [5.74, 6) is 1.45. The molecular weight excluding hydrogens is 224 g/mol. The van der Waals surface area contributed by atoms with Gasteiger partial charge >= 0.3 is 0 Å². The minimum Gasteiger partial charge on any atom is -0.297 e. The molecule has 0 aromatic carbocycles. The number of nitrogens with zero attached hydrogens (tertiary/aromatic N) is 2. The highest BCUT2D eigenvalue weighted by atomic mass is 35.5. The first kappa shape index (κ1) is 13.2. The molecule has 1 rings (SSSR count). The van der Waals surface area contributed by atoms with E-state index in [1.165, 1.54) is 6.07 Å². The van der Waals surface area contributed by atoms with Gasteiger partial charge in [0.1, 0.15) is 11.0 Å². The van der Waals surface area contributed by atoms with Crippen LogP contribution in [-0.4, -0.2) is 9.55 Å². The number of hydrogen-bond acceptors (Lipinski definition) is 2. The molecule has 0 aliphatic heterocycles. The number of aryl methyl sites for hydroxylation is 1. The molecule has 16 heavy (non-hydrogen) atoms. The zero-order valence-electron chi connectivity index (χ0n) is 10.2. The fraction of sp³-hybridized carbons (Fsp3) is 0.667. The highest BCUT2D eigenvalue weighted by Gasteiger charge is 2.06. The Morgan fingerprint density at radius 3 is 2.75 bits per heavy atom. The minimum absolute atomic E-state index is 0.0411. The maximum Gasteiger partial charge on any atom is 0.254 e. The molecule has 0 amide bonds. The van der Waals surface area contributed by atoms with E-state index in [2.05, 4.69) is 18.8 Å². The molecular formula is C12H19ClN2O. The highest BCUT2D eigenvalue weighted by molar-refractivity contribution is 6.29. The average molecular weight is 243 g/mol. The standard InChI is InChI=1S/C12H19ClN2O/c1-4-11-14-10(13)8-12(16)15(11)7-5-6-9(2)3/h8-9H,4-7H2,1-3H3. The van der Waals surface area contributed by atoms with E-state index in [1.807, 2.05) is 6.92 Å². The largest absolute Gasteiger partial charge is 0.297 e. The van der Waals surface area contributed by atoms with Crippen molar-refractivity contribution in [2.24, 2.45) is 5.92 Å². The summed E-state index contributed by atoms with van der Waals surface area (Å²) in [6.07, 6.45) is 2.86. The van der Waals surface area contributed by atoms with Gasteiger partial charge in [-0.15, -0.1) is 0 Å². The Morgan fingerprint density at radius 1 is 1.50 bits per heavy atom. The molecule has 1 aromatic rings. The van der Waals surface area contributed by atoms with E-state index >= 15 is 0 Å². The maximum atomic E-state index is 11.7. The third-order valence-electron chi connectivity index (χ3n) is 2.54. The normalized spacial score (nSPS) is 11.1. The summed E-state index contributed by atoms with van der Waals surface area (Å²) in [7, 11) is 0. The Kier molecular flexibility index (Phi) is 5.00. The summed E-state index contributed by atoms with van der Waals surface area (Å²) >= 11 is 5.76. The van der Waals surface area contributed by atoms with Crippen LogP contribution in [0.5, 0.6) is 0 Å². The molecule has 0 bridgehead atoms. The second-order valence-corrected chi connectivity index (χ2v) is 4.76. The van der Waals surface area contributed by atoms with Crippen LogP contribution in [0.25, 0.3) is 0 Å². The predicted molar refractivity (Wildman–Crippen MR) is 67.0 cm³/mol. The second kappa shape index (κ2) is 6.04. The molecule has 0 fully saturated rings. The molecule has 0 spiro atoms. The molecule has 90 valence electrons. The summed E-state index contributed by atoms with van der Waals surface area (Å²) in [5.41, 5.74) is -0.0411. The minimum atomic E-state index is -0.0411. The zero-order chi connectivity index (χ0) is 12.1. The molecule has 1 aromatic heterocycles. The Hall–Kier alpha value is -0.830. The van der Waals surface area contributed by atoms with Crippen LogP contribution in [-0.2, 0) is 13.0 Å². The van der Waals surface area contributed by atoms with E-state index < -0.39 is 0 Å². The van der Waals surface area contributed by atoms with Gasteiger partial charge in [0.15, 0.2) is 0 Å². The fourth-order valence-electron chi connectivity index (χ4n) is 1.69. The third kappa shape index (κ3) is 3.63. The topological polar surface area (TPSA) is 34.9 Å². The van der Waals surface area contributed by atoms with Crippen LogP contribution >= 0.6 is 11.6 Å². The van der Waals surface area contributed by atoms with Crippen molar-refractivity contribution in [1.82, 2.24) is 9.55 Å². The maximum absolute atomic E-state index is 11.7. The first-order valence-corrected chi connectivity index (χ1v) is 6.18. The van der Waals surface area contributed by atoms with Crippen molar-refractivity contribution in [3.05, 3.63) is 27.4 Å². The van der Waals surface area contributed by atoms with Crippen molar-refractivity contribution >= 4 is 11.6 Å². The number of halogens is 1. The SMILES string of the molecule is CCc1nc(Cl)cc(=O)n1CCCC(C)C. The summed E-state index contributed by atoms with van der Waals surface area (Å²) < 4.78 is 1.73. The predicted octanol–water partition coefficient (Wildman–Crippen LogP) is 2.90. The quantitative estimate of drug-likeness (QED) is 0.745. The first-order chi connectivity index (χ1) is 7.54. The molecule has 0 aliphatic rings. The number of rotatable bonds is 5. The Labute approximate surface area is 101 Å². The lowest BCUT2D eigenvalue weighted by Crippen LogP contribution is -2.24. The van der Waals surface area contributed by atoms with Crippen molar-refractivity contribution in [3.63, 3.8) is 0 Å². The third-order valence-corrected chi connectivity index (χ3v) is 2.73. The second-order valence-electron chi connectivity index (χ2n) is 4.37. The molecule has 4 heteroatoms.